The minimum Gasteiger partial charge on any atom is -0.480 e. The number of carboxylic acid groups (broad SMARTS) is 2. The van der Waals surface area contributed by atoms with Crippen molar-refractivity contribution < 1.29 is 24.6 Å². The molecule has 2 aliphatic rings. The third-order valence-electron chi connectivity index (χ3n) is 4.89. The van der Waals surface area contributed by atoms with E-state index in [4.69, 9.17) is 10.2 Å². The molecule has 7 heteroatoms. The Bertz CT molecular complexity index is 663. The molecule has 0 bridgehead atoms. The van der Waals surface area contributed by atoms with E-state index in [1.807, 2.05) is 4.90 Å². The molecule has 1 aromatic carbocycles. The Morgan fingerprint density at radius 3 is 2.16 bits per heavy atom. The third kappa shape index (κ3) is 4.57. The van der Waals surface area contributed by atoms with Gasteiger partial charge in [0.15, 0.2) is 0 Å². The first-order valence-electron chi connectivity index (χ1n) is 8.52. The number of carboxylic acids is 2. The normalized spacial score (nSPS) is 22.3. The van der Waals surface area contributed by atoms with Crippen molar-refractivity contribution in [3.8, 4) is 0 Å². The van der Waals surface area contributed by atoms with Crippen LogP contribution in [0.5, 0.6) is 0 Å². The number of carbonyl (C=O) groups is 3. The van der Waals surface area contributed by atoms with Crippen molar-refractivity contribution in [2.45, 2.75) is 37.8 Å². The molecule has 0 heterocycles. The Kier molecular flexibility index (Phi) is 5.03. The van der Waals surface area contributed by atoms with Crippen LogP contribution in [0, 0.1) is 5.92 Å². The fourth-order valence-electron chi connectivity index (χ4n) is 3.19. The van der Waals surface area contributed by atoms with Crippen LogP contribution < -0.4 is 5.32 Å². The summed E-state index contributed by atoms with van der Waals surface area (Å²) in [5.74, 6) is -1.44. The summed E-state index contributed by atoms with van der Waals surface area (Å²) >= 11 is 0. The fraction of sp³-hybridized carbons (Fsp3) is 0.500. The number of rotatable bonds is 8. The van der Waals surface area contributed by atoms with Crippen LogP contribution in [0.2, 0.25) is 0 Å². The number of amides is 1. The van der Waals surface area contributed by atoms with E-state index in [-0.39, 0.29) is 30.1 Å². The first kappa shape index (κ1) is 17.4. The molecule has 7 nitrogen and oxygen atoms in total. The highest BCUT2D eigenvalue weighted by Gasteiger charge is 2.37. The van der Waals surface area contributed by atoms with Crippen LogP contribution in [0.4, 0.5) is 0 Å². The summed E-state index contributed by atoms with van der Waals surface area (Å²) in [5, 5.41) is 20.9. The number of benzene rings is 1. The number of hydrogen-bond acceptors (Lipinski definition) is 4. The van der Waals surface area contributed by atoms with Crippen LogP contribution in [0.3, 0.4) is 0 Å². The lowest BCUT2D eigenvalue weighted by Gasteiger charge is -2.42. The van der Waals surface area contributed by atoms with Crippen LogP contribution in [0.25, 0.3) is 0 Å². The van der Waals surface area contributed by atoms with Gasteiger partial charge in [0.05, 0.1) is 12.1 Å². The van der Waals surface area contributed by atoms with Crippen molar-refractivity contribution in [2.24, 2.45) is 5.92 Å². The highest BCUT2D eigenvalue weighted by Crippen LogP contribution is 2.33. The number of hydrogen-bond donors (Lipinski definition) is 3. The molecular weight excluding hydrogens is 324 g/mol. The molecule has 2 aliphatic carbocycles. The van der Waals surface area contributed by atoms with Gasteiger partial charge in [-0.1, -0.05) is 0 Å². The minimum absolute atomic E-state index is 0.0344. The second-order valence-corrected chi connectivity index (χ2v) is 6.94. The van der Waals surface area contributed by atoms with Crippen molar-refractivity contribution in [2.75, 3.05) is 13.1 Å². The molecule has 25 heavy (non-hydrogen) atoms. The van der Waals surface area contributed by atoms with E-state index in [0.717, 1.165) is 19.4 Å². The Balaban J connectivity index is 1.49. The van der Waals surface area contributed by atoms with Crippen LogP contribution >= 0.6 is 0 Å². The van der Waals surface area contributed by atoms with Crippen molar-refractivity contribution >= 4 is 17.8 Å². The molecule has 0 radical (unpaired) electrons. The van der Waals surface area contributed by atoms with E-state index >= 15 is 0 Å². The largest absolute Gasteiger partial charge is 0.480 e. The molecule has 0 unspecified atom stereocenters. The average Bonchev–Trinajstić information content (AvgIpc) is 3.33. The van der Waals surface area contributed by atoms with Gasteiger partial charge < -0.3 is 15.5 Å². The van der Waals surface area contributed by atoms with Crippen molar-refractivity contribution in [1.82, 2.24) is 10.2 Å². The first-order valence-corrected chi connectivity index (χ1v) is 8.52. The highest BCUT2D eigenvalue weighted by molar-refractivity contribution is 5.96. The van der Waals surface area contributed by atoms with E-state index < -0.39 is 11.9 Å². The van der Waals surface area contributed by atoms with E-state index in [2.05, 4.69) is 5.32 Å². The molecule has 2 saturated carbocycles. The molecule has 0 aromatic heterocycles. The third-order valence-corrected chi connectivity index (χ3v) is 4.89. The molecule has 3 N–H and O–H groups in total. The standard InChI is InChI=1S/C18H22N2O5/c21-16(22)10-20(9-11-1-2-11)15-7-14(8-15)19-17(23)12-3-5-13(6-4-12)18(24)25/h3-6,11,14-15H,1-2,7-10H2,(H,19,23)(H,21,22)(H,24,25). The lowest BCUT2D eigenvalue weighted by molar-refractivity contribution is -0.139. The maximum absolute atomic E-state index is 12.2. The first-order chi connectivity index (χ1) is 11.9. The van der Waals surface area contributed by atoms with Gasteiger partial charge in [-0.2, -0.15) is 0 Å². The molecular formula is C18H22N2O5. The van der Waals surface area contributed by atoms with Crippen LogP contribution in [0.15, 0.2) is 24.3 Å². The smallest absolute Gasteiger partial charge is 0.335 e. The highest BCUT2D eigenvalue weighted by atomic mass is 16.4. The Morgan fingerprint density at radius 2 is 1.64 bits per heavy atom. The van der Waals surface area contributed by atoms with E-state index in [9.17, 15) is 14.4 Å². The summed E-state index contributed by atoms with van der Waals surface area (Å²) in [4.78, 5) is 36.1. The lowest BCUT2D eigenvalue weighted by atomic mass is 9.85. The molecule has 1 amide bonds. The Labute approximate surface area is 145 Å². The maximum Gasteiger partial charge on any atom is 0.335 e. The molecule has 3 rings (SSSR count). The zero-order chi connectivity index (χ0) is 18.0. The fourth-order valence-corrected chi connectivity index (χ4v) is 3.19. The van der Waals surface area contributed by atoms with Crippen molar-refractivity contribution in [1.29, 1.82) is 0 Å². The molecule has 134 valence electrons. The number of nitrogens with one attached hydrogen (secondary N) is 1. The summed E-state index contributed by atoms with van der Waals surface area (Å²) in [6.45, 7) is 0.882. The van der Waals surface area contributed by atoms with E-state index in [1.165, 1.54) is 37.1 Å². The van der Waals surface area contributed by atoms with E-state index in [0.29, 0.717) is 11.5 Å². The van der Waals surface area contributed by atoms with Gasteiger partial charge in [-0.3, -0.25) is 14.5 Å². The van der Waals surface area contributed by atoms with Gasteiger partial charge >= 0.3 is 11.9 Å². The molecule has 0 aliphatic heterocycles. The Hall–Kier alpha value is -2.41. The quantitative estimate of drug-likeness (QED) is 0.657. The lowest BCUT2D eigenvalue weighted by Crippen LogP contribution is -2.55. The van der Waals surface area contributed by atoms with Gasteiger partial charge in [0, 0.05) is 24.2 Å². The van der Waals surface area contributed by atoms with Crippen LogP contribution in [0.1, 0.15) is 46.4 Å². The number of carbonyl (C=O) groups excluding carboxylic acids is 1. The van der Waals surface area contributed by atoms with Gasteiger partial charge in [0.25, 0.3) is 5.91 Å². The predicted molar refractivity (Wildman–Crippen MR) is 89.6 cm³/mol. The molecule has 0 atom stereocenters. The van der Waals surface area contributed by atoms with Gasteiger partial charge in [0.1, 0.15) is 0 Å². The zero-order valence-electron chi connectivity index (χ0n) is 13.9. The molecule has 2 fully saturated rings. The van der Waals surface area contributed by atoms with Gasteiger partial charge in [-0.25, -0.2) is 4.79 Å². The van der Waals surface area contributed by atoms with Crippen molar-refractivity contribution in [3.63, 3.8) is 0 Å². The maximum atomic E-state index is 12.2. The monoisotopic (exact) mass is 346 g/mol. The van der Waals surface area contributed by atoms with Crippen molar-refractivity contribution in [3.05, 3.63) is 35.4 Å². The molecule has 1 aromatic rings. The van der Waals surface area contributed by atoms with Gasteiger partial charge in [-0.05, 0) is 55.9 Å². The number of aromatic carboxylic acids is 1. The minimum atomic E-state index is -1.03. The summed E-state index contributed by atoms with van der Waals surface area (Å²) in [6, 6.07) is 6.05. The predicted octanol–water partition coefficient (Wildman–Crippen LogP) is 1.44. The second-order valence-electron chi connectivity index (χ2n) is 6.94. The second kappa shape index (κ2) is 7.23. The van der Waals surface area contributed by atoms with E-state index in [1.54, 1.807) is 0 Å². The topological polar surface area (TPSA) is 107 Å². The van der Waals surface area contributed by atoms with Crippen LogP contribution in [-0.4, -0.2) is 58.1 Å². The van der Waals surface area contributed by atoms with Gasteiger partial charge in [0.2, 0.25) is 0 Å². The Morgan fingerprint density at radius 1 is 1.04 bits per heavy atom. The molecule has 0 spiro atoms. The molecule has 0 saturated heterocycles. The summed E-state index contributed by atoms with van der Waals surface area (Å²) < 4.78 is 0. The summed E-state index contributed by atoms with van der Waals surface area (Å²) in [5.41, 5.74) is 0.568. The SMILES string of the molecule is O=C(O)CN(CC1CC1)C1CC(NC(=O)c2ccc(C(=O)O)cc2)C1. The summed E-state index contributed by atoms with van der Waals surface area (Å²) in [7, 11) is 0. The number of aliphatic carboxylic acids is 1. The average molecular weight is 346 g/mol. The van der Waals surface area contributed by atoms with Crippen LogP contribution in [-0.2, 0) is 4.79 Å². The summed E-state index contributed by atoms with van der Waals surface area (Å²) in [6.07, 6.45) is 3.85. The zero-order valence-corrected chi connectivity index (χ0v) is 13.9. The number of nitrogens with zero attached hydrogens (tertiary/aromatic N) is 1. The van der Waals surface area contributed by atoms with Gasteiger partial charge in [-0.15, -0.1) is 0 Å².